The zero-order valence-electron chi connectivity index (χ0n) is 16.1. The standard InChI is InChI=1S/C20H29N3O2/c1-13(2)25-18-9-7-17(8-10-18)14(3)21-20(24)12-11-19-15(4)22-23(6)16(19)5/h7-10,13-14H,11-12H2,1-6H3,(H,21,24). The summed E-state index contributed by atoms with van der Waals surface area (Å²) in [5.74, 6) is 0.900. The number of carbonyl (C=O) groups excluding carboxylic acids is 1. The van der Waals surface area contributed by atoms with E-state index < -0.39 is 0 Å². The summed E-state index contributed by atoms with van der Waals surface area (Å²) in [7, 11) is 1.93. The van der Waals surface area contributed by atoms with Gasteiger partial charge in [-0.2, -0.15) is 5.10 Å². The molecule has 2 aromatic rings. The molecule has 1 aromatic carbocycles. The second-order valence-corrected chi connectivity index (χ2v) is 6.80. The molecule has 1 amide bonds. The molecular formula is C20H29N3O2. The zero-order valence-corrected chi connectivity index (χ0v) is 16.1. The van der Waals surface area contributed by atoms with E-state index in [9.17, 15) is 4.79 Å². The maximum absolute atomic E-state index is 12.3. The van der Waals surface area contributed by atoms with Crippen LogP contribution in [0.2, 0.25) is 0 Å². The highest BCUT2D eigenvalue weighted by atomic mass is 16.5. The number of aryl methyl sites for hydroxylation is 2. The van der Waals surface area contributed by atoms with Gasteiger partial charge in [-0.1, -0.05) is 12.1 Å². The summed E-state index contributed by atoms with van der Waals surface area (Å²) in [6.07, 6.45) is 1.33. The predicted molar refractivity (Wildman–Crippen MR) is 99.8 cm³/mol. The number of nitrogens with one attached hydrogen (secondary N) is 1. The largest absolute Gasteiger partial charge is 0.491 e. The quantitative estimate of drug-likeness (QED) is 0.835. The van der Waals surface area contributed by atoms with Gasteiger partial charge in [-0.3, -0.25) is 9.48 Å². The van der Waals surface area contributed by atoms with E-state index in [1.807, 2.05) is 70.6 Å². The molecular weight excluding hydrogens is 314 g/mol. The van der Waals surface area contributed by atoms with E-state index >= 15 is 0 Å². The normalized spacial score (nSPS) is 12.3. The molecule has 0 saturated carbocycles. The molecule has 0 saturated heterocycles. The first-order valence-electron chi connectivity index (χ1n) is 8.83. The van der Waals surface area contributed by atoms with E-state index in [0.29, 0.717) is 12.8 Å². The van der Waals surface area contributed by atoms with Crippen molar-refractivity contribution in [1.82, 2.24) is 15.1 Å². The first kappa shape index (κ1) is 19.0. The molecule has 2 rings (SSSR count). The SMILES string of the molecule is Cc1nn(C)c(C)c1CCC(=O)NC(C)c1ccc(OC(C)C)cc1. The van der Waals surface area contributed by atoms with Crippen LogP contribution in [0.5, 0.6) is 5.75 Å². The van der Waals surface area contributed by atoms with Crippen molar-refractivity contribution in [2.24, 2.45) is 7.05 Å². The minimum absolute atomic E-state index is 0.0308. The Kier molecular flexibility index (Phi) is 6.23. The Morgan fingerprint density at radius 2 is 1.84 bits per heavy atom. The average molecular weight is 343 g/mol. The van der Waals surface area contributed by atoms with Crippen molar-refractivity contribution >= 4 is 5.91 Å². The lowest BCUT2D eigenvalue weighted by atomic mass is 10.1. The molecule has 0 spiro atoms. The summed E-state index contributed by atoms with van der Waals surface area (Å²) in [6.45, 7) is 10.0. The highest BCUT2D eigenvalue weighted by molar-refractivity contribution is 5.76. The number of rotatable bonds is 7. The molecule has 1 atom stereocenters. The van der Waals surface area contributed by atoms with Crippen LogP contribution in [0.4, 0.5) is 0 Å². The van der Waals surface area contributed by atoms with Gasteiger partial charge < -0.3 is 10.1 Å². The van der Waals surface area contributed by atoms with Gasteiger partial charge >= 0.3 is 0 Å². The van der Waals surface area contributed by atoms with Crippen molar-refractivity contribution in [1.29, 1.82) is 0 Å². The summed E-state index contributed by atoms with van der Waals surface area (Å²) in [6, 6.07) is 7.85. The second-order valence-electron chi connectivity index (χ2n) is 6.80. The minimum Gasteiger partial charge on any atom is -0.491 e. The van der Waals surface area contributed by atoms with Gasteiger partial charge in [-0.05, 0) is 64.3 Å². The highest BCUT2D eigenvalue weighted by Crippen LogP contribution is 2.19. The van der Waals surface area contributed by atoms with Crippen LogP contribution in [0.15, 0.2) is 24.3 Å². The summed E-state index contributed by atoms with van der Waals surface area (Å²) in [4.78, 5) is 12.3. The summed E-state index contributed by atoms with van der Waals surface area (Å²) in [5.41, 5.74) is 4.36. The van der Waals surface area contributed by atoms with E-state index in [1.165, 1.54) is 5.56 Å². The lowest BCUT2D eigenvalue weighted by molar-refractivity contribution is -0.121. The Labute approximate surface area is 150 Å². The van der Waals surface area contributed by atoms with Crippen LogP contribution in [-0.4, -0.2) is 21.8 Å². The number of benzene rings is 1. The third kappa shape index (κ3) is 5.08. The van der Waals surface area contributed by atoms with Crippen molar-refractivity contribution in [3.8, 4) is 5.75 Å². The Bertz CT molecular complexity index is 717. The smallest absolute Gasteiger partial charge is 0.220 e. The van der Waals surface area contributed by atoms with Gasteiger partial charge in [0.05, 0.1) is 17.8 Å². The van der Waals surface area contributed by atoms with E-state index in [0.717, 1.165) is 22.7 Å². The molecule has 0 aliphatic carbocycles. The van der Waals surface area contributed by atoms with Crippen LogP contribution in [0.1, 0.15) is 55.7 Å². The van der Waals surface area contributed by atoms with Crippen LogP contribution in [0, 0.1) is 13.8 Å². The van der Waals surface area contributed by atoms with Gasteiger partial charge in [0.25, 0.3) is 0 Å². The predicted octanol–water partition coefficient (Wildman–Crippen LogP) is 3.63. The van der Waals surface area contributed by atoms with Gasteiger partial charge in [0, 0.05) is 19.2 Å². The monoisotopic (exact) mass is 343 g/mol. The Balaban J connectivity index is 1.89. The van der Waals surface area contributed by atoms with Gasteiger partial charge in [-0.15, -0.1) is 0 Å². The van der Waals surface area contributed by atoms with Crippen LogP contribution in [-0.2, 0) is 18.3 Å². The maximum atomic E-state index is 12.3. The van der Waals surface area contributed by atoms with Crippen molar-refractivity contribution < 1.29 is 9.53 Å². The third-order valence-corrected chi connectivity index (χ3v) is 4.39. The molecule has 0 fully saturated rings. The number of nitrogens with zero attached hydrogens (tertiary/aromatic N) is 2. The highest BCUT2D eigenvalue weighted by Gasteiger charge is 2.13. The van der Waals surface area contributed by atoms with Gasteiger partial charge in [0.1, 0.15) is 5.75 Å². The molecule has 0 bridgehead atoms. The maximum Gasteiger partial charge on any atom is 0.220 e. The van der Waals surface area contributed by atoms with Crippen LogP contribution in [0.3, 0.4) is 0 Å². The molecule has 5 heteroatoms. The average Bonchev–Trinajstić information content (AvgIpc) is 2.78. The fourth-order valence-electron chi connectivity index (χ4n) is 2.92. The van der Waals surface area contributed by atoms with Crippen molar-refractivity contribution in [3.63, 3.8) is 0 Å². The van der Waals surface area contributed by atoms with Crippen molar-refractivity contribution in [2.75, 3.05) is 0 Å². The fraction of sp³-hybridized carbons (Fsp3) is 0.500. The van der Waals surface area contributed by atoms with E-state index in [4.69, 9.17) is 4.74 Å². The molecule has 136 valence electrons. The van der Waals surface area contributed by atoms with Gasteiger partial charge in [0.15, 0.2) is 0 Å². The third-order valence-electron chi connectivity index (χ3n) is 4.39. The van der Waals surface area contributed by atoms with Gasteiger partial charge in [-0.25, -0.2) is 0 Å². The Morgan fingerprint density at radius 3 is 2.36 bits per heavy atom. The van der Waals surface area contributed by atoms with Crippen LogP contribution in [0.25, 0.3) is 0 Å². The topological polar surface area (TPSA) is 56.2 Å². The molecule has 0 aliphatic heterocycles. The summed E-state index contributed by atoms with van der Waals surface area (Å²) in [5, 5.41) is 7.46. The second kappa shape index (κ2) is 8.19. The Morgan fingerprint density at radius 1 is 1.20 bits per heavy atom. The number of aromatic nitrogens is 2. The summed E-state index contributed by atoms with van der Waals surface area (Å²) >= 11 is 0. The van der Waals surface area contributed by atoms with E-state index in [-0.39, 0.29) is 18.1 Å². The molecule has 1 aromatic heterocycles. The molecule has 0 aliphatic rings. The lowest BCUT2D eigenvalue weighted by Crippen LogP contribution is -2.26. The first-order valence-corrected chi connectivity index (χ1v) is 8.83. The summed E-state index contributed by atoms with van der Waals surface area (Å²) < 4.78 is 7.51. The molecule has 1 N–H and O–H groups in total. The lowest BCUT2D eigenvalue weighted by Gasteiger charge is -2.16. The van der Waals surface area contributed by atoms with Crippen LogP contribution >= 0.6 is 0 Å². The van der Waals surface area contributed by atoms with E-state index in [2.05, 4.69) is 10.4 Å². The molecule has 25 heavy (non-hydrogen) atoms. The minimum atomic E-state index is -0.0308. The van der Waals surface area contributed by atoms with Crippen molar-refractivity contribution in [2.45, 2.75) is 59.6 Å². The Hall–Kier alpha value is -2.30. The number of carbonyl (C=O) groups is 1. The number of hydrogen-bond acceptors (Lipinski definition) is 3. The fourth-order valence-corrected chi connectivity index (χ4v) is 2.92. The molecule has 1 unspecified atom stereocenters. The number of hydrogen-bond donors (Lipinski definition) is 1. The first-order chi connectivity index (χ1) is 11.8. The molecule has 5 nitrogen and oxygen atoms in total. The van der Waals surface area contributed by atoms with Crippen LogP contribution < -0.4 is 10.1 Å². The molecule has 1 heterocycles. The molecule has 0 radical (unpaired) electrons. The number of ether oxygens (including phenoxy) is 1. The number of amides is 1. The zero-order chi connectivity index (χ0) is 18.6. The van der Waals surface area contributed by atoms with Crippen molar-refractivity contribution in [3.05, 3.63) is 46.8 Å². The van der Waals surface area contributed by atoms with Gasteiger partial charge in [0.2, 0.25) is 5.91 Å². The van der Waals surface area contributed by atoms with E-state index in [1.54, 1.807) is 0 Å².